The summed E-state index contributed by atoms with van der Waals surface area (Å²) in [5.41, 5.74) is -0.208. The molecule has 0 aromatic heterocycles. The van der Waals surface area contributed by atoms with Crippen LogP contribution >= 0.6 is 0 Å². The van der Waals surface area contributed by atoms with Crippen LogP contribution in [-0.2, 0) is 20.7 Å². The third-order valence-corrected chi connectivity index (χ3v) is 4.35. The lowest BCUT2D eigenvalue weighted by Gasteiger charge is -2.33. The van der Waals surface area contributed by atoms with Crippen molar-refractivity contribution in [1.29, 1.82) is 5.26 Å². The second kappa shape index (κ2) is 9.55. The van der Waals surface area contributed by atoms with Crippen molar-refractivity contribution in [3.05, 3.63) is 29.8 Å². The monoisotopic (exact) mass is 345 g/mol. The molecule has 0 radical (unpaired) electrons. The molecule has 136 valence electrons. The molecule has 25 heavy (non-hydrogen) atoms. The Balaban J connectivity index is 1.91. The number of unbranched alkanes of at least 4 members (excludes halogenated alkanes) is 2. The Bertz CT molecular complexity index is 583. The lowest BCUT2D eigenvalue weighted by molar-refractivity contribution is -0.223. The van der Waals surface area contributed by atoms with Gasteiger partial charge in [-0.3, -0.25) is 0 Å². The maximum absolute atomic E-state index is 12.5. The number of nitriles is 1. The number of carbonyl (C=O) groups excluding carboxylic acids is 1. The third kappa shape index (κ3) is 5.29. The molecule has 5 heteroatoms. The predicted molar refractivity (Wildman–Crippen MR) is 94.0 cm³/mol. The molecule has 1 saturated heterocycles. The van der Waals surface area contributed by atoms with E-state index in [2.05, 4.69) is 13.8 Å². The molecule has 0 atom stereocenters. The fourth-order valence-corrected chi connectivity index (χ4v) is 2.73. The quantitative estimate of drug-likeness (QED) is 0.404. The molecule has 0 saturated carbocycles. The van der Waals surface area contributed by atoms with Gasteiger partial charge in [0.1, 0.15) is 5.75 Å². The van der Waals surface area contributed by atoms with E-state index in [0.29, 0.717) is 5.75 Å². The molecule has 1 fully saturated rings. The number of ether oxygens (including phenoxy) is 3. The molecule has 5 nitrogen and oxygen atoms in total. The van der Waals surface area contributed by atoms with E-state index < -0.39 is 11.4 Å². The van der Waals surface area contributed by atoms with E-state index in [1.165, 1.54) is 5.56 Å². The molecule has 0 amide bonds. The van der Waals surface area contributed by atoms with Gasteiger partial charge in [0.15, 0.2) is 6.29 Å². The van der Waals surface area contributed by atoms with Gasteiger partial charge >= 0.3 is 5.97 Å². The van der Waals surface area contributed by atoms with E-state index in [-0.39, 0.29) is 19.5 Å². The molecule has 0 bridgehead atoms. The lowest BCUT2D eigenvalue weighted by atomic mass is 9.91. The molecule has 0 unspecified atom stereocenters. The van der Waals surface area contributed by atoms with Crippen LogP contribution < -0.4 is 4.74 Å². The largest absolute Gasteiger partial charge is 0.425 e. The molecule has 1 aromatic rings. The Morgan fingerprint density at radius 1 is 1.20 bits per heavy atom. The van der Waals surface area contributed by atoms with Gasteiger partial charge in [-0.1, -0.05) is 45.2 Å². The zero-order valence-corrected chi connectivity index (χ0v) is 15.1. The normalized spacial score (nSPS) is 23.0. The predicted octanol–water partition coefficient (Wildman–Crippen LogP) is 4.01. The highest BCUT2D eigenvalue weighted by molar-refractivity contribution is 5.82. The van der Waals surface area contributed by atoms with Gasteiger partial charge in [-0.2, -0.15) is 5.26 Å². The van der Waals surface area contributed by atoms with Crippen LogP contribution in [0.2, 0.25) is 0 Å². The molecule has 2 rings (SSSR count). The first-order chi connectivity index (χ1) is 12.1. The molecule has 1 aromatic carbocycles. The second-order valence-corrected chi connectivity index (χ2v) is 6.52. The summed E-state index contributed by atoms with van der Waals surface area (Å²) in [6, 6.07) is 9.41. The Hall–Kier alpha value is -1.90. The highest BCUT2D eigenvalue weighted by atomic mass is 16.7. The van der Waals surface area contributed by atoms with Crippen LogP contribution in [0.5, 0.6) is 5.75 Å². The van der Waals surface area contributed by atoms with Crippen LogP contribution in [0.15, 0.2) is 24.3 Å². The Morgan fingerprint density at radius 3 is 2.44 bits per heavy atom. The summed E-state index contributed by atoms with van der Waals surface area (Å²) < 4.78 is 16.6. The van der Waals surface area contributed by atoms with Crippen LogP contribution in [0.4, 0.5) is 0 Å². The van der Waals surface area contributed by atoms with Crippen molar-refractivity contribution in [3.63, 3.8) is 0 Å². The molecule has 1 heterocycles. The Labute approximate surface area is 149 Å². The maximum Gasteiger partial charge on any atom is 0.336 e. The van der Waals surface area contributed by atoms with Crippen LogP contribution in [0, 0.1) is 16.7 Å². The van der Waals surface area contributed by atoms with Crippen molar-refractivity contribution >= 4 is 5.97 Å². The summed E-state index contributed by atoms with van der Waals surface area (Å²) in [5.74, 6) is -0.185. The van der Waals surface area contributed by atoms with Crippen molar-refractivity contribution in [1.82, 2.24) is 0 Å². The van der Waals surface area contributed by atoms with E-state index in [9.17, 15) is 10.1 Å². The highest BCUT2D eigenvalue weighted by Crippen LogP contribution is 2.28. The second-order valence-electron chi connectivity index (χ2n) is 6.52. The third-order valence-electron chi connectivity index (χ3n) is 4.35. The summed E-state index contributed by atoms with van der Waals surface area (Å²) >= 11 is 0. The van der Waals surface area contributed by atoms with E-state index in [1.54, 1.807) is 12.1 Å². The molecule has 1 aliphatic rings. The molecule has 1 aliphatic heterocycles. The number of hydrogen-bond donors (Lipinski definition) is 0. The average Bonchev–Trinajstić information content (AvgIpc) is 2.64. The van der Waals surface area contributed by atoms with Crippen molar-refractivity contribution in [2.45, 2.75) is 58.7 Å². The number of carbonyl (C=O) groups is 1. The number of benzene rings is 1. The fraction of sp³-hybridized carbons (Fsp3) is 0.600. The number of nitrogens with zero attached hydrogens (tertiary/aromatic N) is 1. The topological polar surface area (TPSA) is 68.5 Å². The van der Waals surface area contributed by atoms with Crippen LogP contribution in [0.25, 0.3) is 0 Å². The zero-order chi connectivity index (χ0) is 18.1. The smallest absolute Gasteiger partial charge is 0.336 e. The van der Waals surface area contributed by atoms with Gasteiger partial charge in [0.25, 0.3) is 0 Å². The van der Waals surface area contributed by atoms with Crippen molar-refractivity contribution in [2.75, 3.05) is 13.2 Å². The Morgan fingerprint density at radius 2 is 1.88 bits per heavy atom. The first-order valence-corrected chi connectivity index (χ1v) is 9.09. The Kier molecular flexibility index (Phi) is 7.42. The summed E-state index contributed by atoms with van der Waals surface area (Å²) in [6.07, 6.45) is 5.73. The lowest BCUT2D eigenvalue weighted by Crippen LogP contribution is -2.48. The maximum atomic E-state index is 12.5. The fourth-order valence-electron chi connectivity index (χ4n) is 2.73. The number of esters is 1. The minimum absolute atomic E-state index is 0.00699. The number of hydrogen-bond acceptors (Lipinski definition) is 5. The van der Waals surface area contributed by atoms with E-state index in [1.807, 2.05) is 18.2 Å². The van der Waals surface area contributed by atoms with Crippen molar-refractivity contribution in [2.24, 2.45) is 5.41 Å². The van der Waals surface area contributed by atoms with Crippen LogP contribution in [-0.4, -0.2) is 25.5 Å². The van der Waals surface area contributed by atoms with Crippen molar-refractivity contribution in [3.8, 4) is 11.8 Å². The first kappa shape index (κ1) is 19.4. The SMILES string of the molecule is CCCCCC1OCC(C#N)(C(=O)Oc2ccc(CCC)cc2)CO1. The summed E-state index contributed by atoms with van der Waals surface area (Å²) in [5, 5.41) is 9.49. The average molecular weight is 345 g/mol. The van der Waals surface area contributed by atoms with Gasteiger partial charge in [0.05, 0.1) is 19.3 Å². The molecule has 0 aliphatic carbocycles. The highest BCUT2D eigenvalue weighted by Gasteiger charge is 2.46. The zero-order valence-electron chi connectivity index (χ0n) is 15.1. The summed E-state index contributed by atoms with van der Waals surface area (Å²) in [6.45, 7) is 4.26. The molecular formula is C20H27NO4. The molecule has 0 N–H and O–H groups in total. The van der Waals surface area contributed by atoms with Crippen LogP contribution in [0.1, 0.15) is 51.5 Å². The van der Waals surface area contributed by atoms with Gasteiger partial charge in [0.2, 0.25) is 5.41 Å². The minimum atomic E-state index is -1.40. The molecule has 0 spiro atoms. The standard InChI is InChI=1S/C20H27NO4/c1-3-5-6-8-18-23-14-20(13-21,15-24-18)19(22)25-17-11-9-16(7-4-2)10-12-17/h9-12,18H,3-8,14-15H2,1-2H3. The van der Waals surface area contributed by atoms with Gasteiger partial charge in [0, 0.05) is 0 Å². The van der Waals surface area contributed by atoms with Gasteiger partial charge in [-0.15, -0.1) is 0 Å². The summed E-state index contributed by atoms with van der Waals surface area (Å²) in [4.78, 5) is 12.5. The van der Waals surface area contributed by atoms with Gasteiger partial charge in [-0.25, -0.2) is 4.79 Å². The number of aryl methyl sites for hydroxylation is 1. The van der Waals surface area contributed by atoms with Gasteiger partial charge < -0.3 is 14.2 Å². The van der Waals surface area contributed by atoms with E-state index in [0.717, 1.165) is 38.5 Å². The number of rotatable bonds is 8. The van der Waals surface area contributed by atoms with E-state index in [4.69, 9.17) is 14.2 Å². The summed E-state index contributed by atoms with van der Waals surface area (Å²) in [7, 11) is 0. The van der Waals surface area contributed by atoms with Gasteiger partial charge in [-0.05, 0) is 37.0 Å². The minimum Gasteiger partial charge on any atom is -0.425 e. The van der Waals surface area contributed by atoms with Crippen LogP contribution in [0.3, 0.4) is 0 Å². The van der Waals surface area contributed by atoms with Crippen molar-refractivity contribution < 1.29 is 19.0 Å². The molecular weight excluding hydrogens is 318 g/mol. The van der Waals surface area contributed by atoms with E-state index >= 15 is 0 Å². The first-order valence-electron chi connectivity index (χ1n) is 9.09.